The van der Waals surface area contributed by atoms with Crippen molar-refractivity contribution in [1.29, 1.82) is 0 Å². The third-order valence-corrected chi connectivity index (χ3v) is 7.06. The maximum absolute atomic E-state index is 13.9. The fourth-order valence-corrected chi connectivity index (χ4v) is 5.04. The van der Waals surface area contributed by atoms with Crippen molar-refractivity contribution >= 4 is 38.5 Å². The zero-order valence-corrected chi connectivity index (χ0v) is 22.8. The molecular formula is C30H28BrNO5. The normalized spacial score (nSPS) is 14.9. The summed E-state index contributed by atoms with van der Waals surface area (Å²) >= 11 is 3.44. The molecule has 0 saturated carbocycles. The molecule has 5 rings (SSSR count). The molecule has 1 amide bonds. The van der Waals surface area contributed by atoms with Crippen LogP contribution >= 0.6 is 15.9 Å². The van der Waals surface area contributed by atoms with E-state index in [-0.39, 0.29) is 17.1 Å². The Hall–Kier alpha value is -3.58. The molecule has 1 aromatic heterocycles. The highest BCUT2D eigenvalue weighted by atomic mass is 79.9. The van der Waals surface area contributed by atoms with Gasteiger partial charge in [0.05, 0.1) is 30.7 Å². The van der Waals surface area contributed by atoms with Crippen molar-refractivity contribution in [2.45, 2.75) is 33.2 Å². The van der Waals surface area contributed by atoms with Crippen molar-refractivity contribution in [1.82, 2.24) is 0 Å². The molecule has 0 N–H and O–H groups in total. The number of hydrogen-bond acceptors (Lipinski definition) is 5. The lowest BCUT2D eigenvalue weighted by Crippen LogP contribution is -2.29. The first-order valence-electron chi connectivity index (χ1n) is 12.3. The van der Waals surface area contributed by atoms with Crippen molar-refractivity contribution in [3.63, 3.8) is 0 Å². The van der Waals surface area contributed by atoms with E-state index in [2.05, 4.69) is 29.8 Å². The van der Waals surface area contributed by atoms with Gasteiger partial charge < -0.3 is 13.9 Å². The first-order valence-corrected chi connectivity index (χ1v) is 13.0. The number of carbonyl (C=O) groups excluding carboxylic acids is 1. The molecule has 2 heterocycles. The van der Waals surface area contributed by atoms with Crippen LogP contribution in [0.3, 0.4) is 0 Å². The Bertz CT molecular complexity index is 1560. The van der Waals surface area contributed by atoms with Gasteiger partial charge in [-0.3, -0.25) is 14.5 Å². The smallest absolute Gasteiger partial charge is 0.295 e. The molecule has 37 heavy (non-hydrogen) atoms. The predicted octanol–water partition coefficient (Wildman–Crippen LogP) is 7.05. The van der Waals surface area contributed by atoms with Crippen molar-refractivity contribution in [2.24, 2.45) is 5.92 Å². The van der Waals surface area contributed by atoms with Crippen LogP contribution in [0.25, 0.3) is 11.0 Å². The van der Waals surface area contributed by atoms with E-state index in [9.17, 15) is 9.59 Å². The van der Waals surface area contributed by atoms with Crippen LogP contribution in [0.4, 0.5) is 5.69 Å². The molecule has 6 nitrogen and oxygen atoms in total. The van der Waals surface area contributed by atoms with E-state index in [0.29, 0.717) is 46.2 Å². The summed E-state index contributed by atoms with van der Waals surface area (Å²) in [4.78, 5) is 29.3. The lowest BCUT2D eigenvalue weighted by atomic mass is 9.97. The third-order valence-electron chi connectivity index (χ3n) is 6.57. The predicted molar refractivity (Wildman–Crippen MR) is 148 cm³/mol. The number of nitrogens with zero attached hydrogens (tertiary/aromatic N) is 1. The highest BCUT2D eigenvalue weighted by molar-refractivity contribution is 9.10. The molecule has 4 aromatic rings. The molecule has 1 aliphatic rings. The molecule has 190 valence electrons. The van der Waals surface area contributed by atoms with Gasteiger partial charge in [-0.05, 0) is 72.9 Å². The molecular weight excluding hydrogens is 534 g/mol. The standard InChI is InChI=1S/C30H28BrNO5/c1-17(2)12-13-36-24-10-8-19(15-25(24)35-4)27-26-28(33)22-16-20(31)9-11-23(22)37-29(26)30(34)32(27)21-7-5-6-18(3)14-21/h5-11,14-17,27H,12-13H2,1-4H3. The van der Waals surface area contributed by atoms with E-state index in [4.69, 9.17) is 13.9 Å². The van der Waals surface area contributed by atoms with Crippen LogP contribution in [0.5, 0.6) is 11.5 Å². The molecule has 0 aliphatic carbocycles. The van der Waals surface area contributed by atoms with Crippen LogP contribution in [0, 0.1) is 12.8 Å². The molecule has 0 spiro atoms. The lowest BCUT2D eigenvalue weighted by Gasteiger charge is -2.26. The van der Waals surface area contributed by atoms with Gasteiger partial charge in [-0.15, -0.1) is 0 Å². The summed E-state index contributed by atoms with van der Waals surface area (Å²) in [5.41, 5.74) is 2.86. The molecule has 1 atom stereocenters. The number of anilines is 1. The average Bonchev–Trinajstić information content (AvgIpc) is 3.17. The van der Waals surface area contributed by atoms with Gasteiger partial charge in [-0.25, -0.2) is 0 Å². The minimum absolute atomic E-state index is 0.0579. The van der Waals surface area contributed by atoms with Gasteiger partial charge in [0.2, 0.25) is 5.76 Å². The second-order valence-corrected chi connectivity index (χ2v) is 10.6. The number of halogens is 1. The SMILES string of the molecule is COc1cc(C2c3c(oc4ccc(Br)cc4c3=O)C(=O)N2c2cccc(C)c2)ccc1OCCC(C)C. The Morgan fingerprint density at radius 1 is 1.03 bits per heavy atom. The lowest BCUT2D eigenvalue weighted by molar-refractivity contribution is 0.0971. The molecule has 1 aliphatic heterocycles. The van der Waals surface area contributed by atoms with E-state index in [1.165, 1.54) is 0 Å². The number of amides is 1. The highest BCUT2D eigenvalue weighted by Crippen LogP contribution is 2.43. The number of aryl methyl sites for hydroxylation is 1. The van der Waals surface area contributed by atoms with Gasteiger partial charge in [-0.1, -0.05) is 48.0 Å². The van der Waals surface area contributed by atoms with Crippen LogP contribution in [-0.2, 0) is 0 Å². The van der Waals surface area contributed by atoms with Gasteiger partial charge in [0, 0.05) is 10.2 Å². The number of carbonyl (C=O) groups is 1. The van der Waals surface area contributed by atoms with E-state index >= 15 is 0 Å². The first-order chi connectivity index (χ1) is 17.8. The summed E-state index contributed by atoms with van der Waals surface area (Å²) in [7, 11) is 1.58. The zero-order chi connectivity index (χ0) is 26.3. The summed E-state index contributed by atoms with van der Waals surface area (Å²) < 4.78 is 18.5. The van der Waals surface area contributed by atoms with Gasteiger partial charge in [-0.2, -0.15) is 0 Å². The number of hydrogen-bond donors (Lipinski definition) is 0. The van der Waals surface area contributed by atoms with E-state index in [1.54, 1.807) is 30.2 Å². The van der Waals surface area contributed by atoms with Crippen LogP contribution < -0.4 is 19.8 Å². The highest BCUT2D eigenvalue weighted by Gasteiger charge is 2.44. The van der Waals surface area contributed by atoms with Crippen molar-refractivity contribution in [2.75, 3.05) is 18.6 Å². The van der Waals surface area contributed by atoms with Gasteiger partial charge >= 0.3 is 0 Å². The first kappa shape index (κ1) is 25.1. The topological polar surface area (TPSA) is 69.0 Å². The van der Waals surface area contributed by atoms with Crippen molar-refractivity contribution in [3.05, 3.63) is 97.8 Å². The summed E-state index contributed by atoms with van der Waals surface area (Å²) in [5.74, 6) is 1.38. The summed E-state index contributed by atoms with van der Waals surface area (Å²) in [5, 5.41) is 0.414. The van der Waals surface area contributed by atoms with Gasteiger partial charge in [0.15, 0.2) is 16.9 Å². The second kappa shape index (κ2) is 10.1. The summed E-state index contributed by atoms with van der Waals surface area (Å²) in [6, 6.07) is 17.7. The second-order valence-electron chi connectivity index (χ2n) is 9.67. The monoisotopic (exact) mass is 561 g/mol. The average molecular weight is 562 g/mol. The van der Waals surface area contributed by atoms with E-state index < -0.39 is 6.04 Å². The van der Waals surface area contributed by atoms with E-state index in [0.717, 1.165) is 22.0 Å². The number of rotatable bonds is 7. The largest absolute Gasteiger partial charge is 0.493 e. The molecule has 3 aromatic carbocycles. The zero-order valence-electron chi connectivity index (χ0n) is 21.2. The minimum Gasteiger partial charge on any atom is -0.493 e. The van der Waals surface area contributed by atoms with Crippen molar-refractivity contribution < 1.29 is 18.7 Å². The molecule has 0 saturated heterocycles. The maximum atomic E-state index is 13.9. The molecule has 1 unspecified atom stereocenters. The Balaban J connectivity index is 1.69. The maximum Gasteiger partial charge on any atom is 0.295 e. The molecule has 7 heteroatoms. The quantitative estimate of drug-likeness (QED) is 0.242. The molecule has 0 radical (unpaired) electrons. The van der Waals surface area contributed by atoms with Gasteiger partial charge in [0.25, 0.3) is 5.91 Å². The number of methoxy groups -OCH3 is 1. The summed E-state index contributed by atoms with van der Waals surface area (Å²) in [6.07, 6.45) is 0.917. The molecule has 0 fully saturated rings. The fraction of sp³-hybridized carbons (Fsp3) is 0.267. The minimum atomic E-state index is -0.692. The van der Waals surface area contributed by atoms with Gasteiger partial charge in [0.1, 0.15) is 5.58 Å². The van der Waals surface area contributed by atoms with E-state index in [1.807, 2.05) is 49.4 Å². The van der Waals surface area contributed by atoms with Crippen LogP contribution in [-0.4, -0.2) is 19.6 Å². The number of ether oxygens (including phenoxy) is 2. The van der Waals surface area contributed by atoms with Crippen LogP contribution in [0.1, 0.15) is 53.6 Å². The number of fused-ring (bicyclic) bond motifs is 2. The van der Waals surface area contributed by atoms with Crippen LogP contribution in [0.15, 0.2) is 74.3 Å². The Morgan fingerprint density at radius 3 is 2.57 bits per heavy atom. The number of benzene rings is 3. The van der Waals surface area contributed by atoms with Crippen molar-refractivity contribution in [3.8, 4) is 11.5 Å². The molecule has 0 bridgehead atoms. The Labute approximate surface area is 223 Å². The third kappa shape index (κ3) is 4.64. The fourth-order valence-electron chi connectivity index (χ4n) is 4.68. The Kier molecular flexibility index (Phi) is 6.82. The summed E-state index contributed by atoms with van der Waals surface area (Å²) in [6.45, 7) is 6.82. The van der Waals surface area contributed by atoms with Crippen LogP contribution in [0.2, 0.25) is 0 Å². The Morgan fingerprint density at radius 2 is 1.84 bits per heavy atom.